The molecule has 2 rings (SSSR count). The number of ether oxygens (including phenoxy) is 1. The van der Waals surface area contributed by atoms with Gasteiger partial charge in [0, 0.05) is 11.1 Å². The zero-order chi connectivity index (χ0) is 15.2. The summed E-state index contributed by atoms with van der Waals surface area (Å²) in [6, 6.07) is 5.26. The predicted octanol–water partition coefficient (Wildman–Crippen LogP) is 2.80. The fraction of sp³-hybridized carbons (Fsp3) is 0.467. The fourth-order valence-corrected chi connectivity index (χ4v) is 2.81. The summed E-state index contributed by atoms with van der Waals surface area (Å²) < 4.78 is 5.52. The third kappa shape index (κ3) is 4.86. The third-order valence-corrected chi connectivity index (χ3v) is 3.99. The van der Waals surface area contributed by atoms with Gasteiger partial charge in [0.05, 0.1) is 5.56 Å². The molecule has 0 atom stereocenters. The molecule has 1 saturated carbocycles. The van der Waals surface area contributed by atoms with Crippen molar-refractivity contribution >= 4 is 34.7 Å². The number of thiocarbonyl (C=S) groups is 1. The molecule has 3 N–H and O–H groups in total. The number of hydrogen-bond donors (Lipinski definition) is 2. The van der Waals surface area contributed by atoms with Crippen molar-refractivity contribution in [3.63, 3.8) is 0 Å². The van der Waals surface area contributed by atoms with E-state index in [0.717, 1.165) is 12.8 Å². The van der Waals surface area contributed by atoms with E-state index in [2.05, 4.69) is 5.32 Å². The number of nitrogens with two attached hydrogens (primary N) is 1. The second kappa shape index (κ2) is 7.61. The molecule has 0 unspecified atom stereocenters. The summed E-state index contributed by atoms with van der Waals surface area (Å²) in [4.78, 5) is 12.1. The van der Waals surface area contributed by atoms with Crippen molar-refractivity contribution in [2.24, 2.45) is 5.73 Å². The SMILES string of the molecule is NC(=S)c1ccc(Cl)cc1OCC(=O)NC1CCCCC1. The molecular weight excluding hydrogens is 308 g/mol. The zero-order valence-electron chi connectivity index (χ0n) is 11.7. The van der Waals surface area contributed by atoms with Gasteiger partial charge in [0.15, 0.2) is 6.61 Å². The van der Waals surface area contributed by atoms with Gasteiger partial charge in [0.25, 0.3) is 5.91 Å². The predicted molar refractivity (Wildman–Crippen MR) is 87.9 cm³/mol. The fourth-order valence-electron chi connectivity index (χ4n) is 2.48. The molecule has 1 aliphatic carbocycles. The van der Waals surface area contributed by atoms with Crippen molar-refractivity contribution < 1.29 is 9.53 Å². The van der Waals surface area contributed by atoms with Gasteiger partial charge in [-0.25, -0.2) is 0 Å². The van der Waals surface area contributed by atoms with E-state index >= 15 is 0 Å². The largest absolute Gasteiger partial charge is 0.483 e. The van der Waals surface area contributed by atoms with Gasteiger partial charge in [-0.15, -0.1) is 0 Å². The second-order valence-electron chi connectivity index (χ2n) is 5.20. The molecule has 0 aliphatic heterocycles. The van der Waals surface area contributed by atoms with Crippen LogP contribution >= 0.6 is 23.8 Å². The molecule has 0 heterocycles. The number of carbonyl (C=O) groups excluding carboxylic acids is 1. The topological polar surface area (TPSA) is 64.3 Å². The van der Waals surface area contributed by atoms with Crippen molar-refractivity contribution in [1.82, 2.24) is 5.32 Å². The first-order valence-corrected chi connectivity index (χ1v) is 7.86. The lowest BCUT2D eigenvalue weighted by Crippen LogP contribution is -2.39. The highest BCUT2D eigenvalue weighted by Gasteiger charge is 2.16. The van der Waals surface area contributed by atoms with E-state index in [9.17, 15) is 4.79 Å². The first-order chi connectivity index (χ1) is 10.1. The summed E-state index contributed by atoms with van der Waals surface area (Å²) in [5.41, 5.74) is 6.21. The van der Waals surface area contributed by atoms with E-state index in [-0.39, 0.29) is 23.5 Å². The summed E-state index contributed by atoms with van der Waals surface area (Å²) in [7, 11) is 0. The molecule has 0 spiro atoms. The minimum atomic E-state index is -0.129. The highest BCUT2D eigenvalue weighted by atomic mass is 35.5. The first kappa shape index (κ1) is 16.0. The van der Waals surface area contributed by atoms with Crippen LogP contribution in [0.4, 0.5) is 0 Å². The number of benzene rings is 1. The van der Waals surface area contributed by atoms with Crippen molar-refractivity contribution in [2.75, 3.05) is 6.61 Å². The van der Waals surface area contributed by atoms with Crippen LogP contribution in [0.25, 0.3) is 0 Å². The average Bonchev–Trinajstić information content (AvgIpc) is 2.46. The molecular formula is C15H19ClN2O2S. The molecule has 0 radical (unpaired) electrons. The summed E-state index contributed by atoms with van der Waals surface area (Å²) in [6.45, 7) is -0.0630. The highest BCUT2D eigenvalue weighted by Crippen LogP contribution is 2.23. The van der Waals surface area contributed by atoms with Gasteiger partial charge in [0.2, 0.25) is 0 Å². The Hall–Kier alpha value is -1.33. The number of carbonyl (C=O) groups is 1. The van der Waals surface area contributed by atoms with Crippen LogP contribution in [0.15, 0.2) is 18.2 Å². The number of nitrogens with one attached hydrogen (secondary N) is 1. The average molecular weight is 327 g/mol. The van der Waals surface area contributed by atoms with E-state index < -0.39 is 0 Å². The van der Waals surface area contributed by atoms with Crippen LogP contribution < -0.4 is 15.8 Å². The van der Waals surface area contributed by atoms with Gasteiger partial charge in [-0.2, -0.15) is 0 Å². The molecule has 1 aliphatic rings. The Balaban J connectivity index is 1.91. The van der Waals surface area contributed by atoms with E-state index in [1.807, 2.05) is 0 Å². The highest BCUT2D eigenvalue weighted by molar-refractivity contribution is 7.80. The van der Waals surface area contributed by atoms with Crippen LogP contribution in [-0.2, 0) is 4.79 Å². The second-order valence-corrected chi connectivity index (χ2v) is 6.07. The summed E-state index contributed by atoms with van der Waals surface area (Å²) >= 11 is 10.9. The van der Waals surface area contributed by atoms with Crippen LogP contribution in [0.1, 0.15) is 37.7 Å². The van der Waals surface area contributed by atoms with Crippen LogP contribution in [0.5, 0.6) is 5.75 Å². The molecule has 0 saturated heterocycles. The van der Waals surface area contributed by atoms with Gasteiger partial charge < -0.3 is 15.8 Å². The van der Waals surface area contributed by atoms with Crippen molar-refractivity contribution in [1.29, 1.82) is 0 Å². The van der Waals surface area contributed by atoms with E-state index in [0.29, 0.717) is 16.3 Å². The maximum Gasteiger partial charge on any atom is 0.258 e. The van der Waals surface area contributed by atoms with Crippen molar-refractivity contribution in [3.8, 4) is 5.75 Å². The molecule has 1 aromatic carbocycles. The molecule has 114 valence electrons. The number of amides is 1. The number of hydrogen-bond acceptors (Lipinski definition) is 3. The lowest BCUT2D eigenvalue weighted by Gasteiger charge is -2.22. The van der Waals surface area contributed by atoms with Gasteiger partial charge in [-0.05, 0) is 31.0 Å². The van der Waals surface area contributed by atoms with Gasteiger partial charge >= 0.3 is 0 Å². The summed E-state index contributed by atoms with van der Waals surface area (Å²) in [5, 5.41) is 3.50. The quantitative estimate of drug-likeness (QED) is 0.817. The van der Waals surface area contributed by atoms with Gasteiger partial charge in [-0.1, -0.05) is 43.1 Å². The van der Waals surface area contributed by atoms with Crippen molar-refractivity contribution in [3.05, 3.63) is 28.8 Å². The molecule has 0 aromatic heterocycles. The molecule has 1 amide bonds. The van der Waals surface area contributed by atoms with Crippen molar-refractivity contribution in [2.45, 2.75) is 38.1 Å². The Kier molecular flexibility index (Phi) is 5.82. The third-order valence-electron chi connectivity index (χ3n) is 3.54. The number of halogens is 1. The Morgan fingerprint density at radius 2 is 2.10 bits per heavy atom. The van der Waals surface area contributed by atoms with E-state index in [4.69, 9.17) is 34.3 Å². The lowest BCUT2D eigenvalue weighted by molar-refractivity contribution is -0.124. The Bertz CT molecular complexity index is 530. The van der Waals surface area contributed by atoms with Gasteiger partial charge in [-0.3, -0.25) is 4.79 Å². The molecule has 6 heteroatoms. The normalized spacial score (nSPS) is 15.5. The Morgan fingerprint density at radius 1 is 1.38 bits per heavy atom. The van der Waals surface area contributed by atoms with Crippen LogP contribution in [0.3, 0.4) is 0 Å². The van der Waals surface area contributed by atoms with E-state index in [1.165, 1.54) is 19.3 Å². The van der Waals surface area contributed by atoms with Crippen LogP contribution in [0, 0.1) is 0 Å². The molecule has 1 aromatic rings. The lowest BCUT2D eigenvalue weighted by atomic mass is 9.95. The maximum atomic E-state index is 11.9. The molecule has 21 heavy (non-hydrogen) atoms. The zero-order valence-corrected chi connectivity index (χ0v) is 13.3. The Labute approximate surface area is 135 Å². The monoisotopic (exact) mass is 326 g/mol. The Morgan fingerprint density at radius 3 is 2.76 bits per heavy atom. The summed E-state index contributed by atoms with van der Waals surface area (Å²) in [6.07, 6.45) is 5.68. The molecule has 1 fully saturated rings. The summed E-state index contributed by atoms with van der Waals surface area (Å²) in [5.74, 6) is 0.310. The smallest absolute Gasteiger partial charge is 0.258 e. The number of rotatable bonds is 5. The van der Waals surface area contributed by atoms with Gasteiger partial charge in [0.1, 0.15) is 10.7 Å². The minimum absolute atomic E-state index is 0.0630. The van der Waals surface area contributed by atoms with E-state index in [1.54, 1.807) is 18.2 Å². The van der Waals surface area contributed by atoms with Crippen LogP contribution in [-0.4, -0.2) is 23.5 Å². The first-order valence-electron chi connectivity index (χ1n) is 7.08. The standard InChI is InChI=1S/C15H19ClN2O2S/c16-10-6-7-12(15(17)21)13(8-10)20-9-14(19)18-11-4-2-1-3-5-11/h6-8,11H,1-5,9H2,(H2,17,21)(H,18,19). The molecule has 0 bridgehead atoms. The minimum Gasteiger partial charge on any atom is -0.483 e. The molecule has 4 nitrogen and oxygen atoms in total. The van der Waals surface area contributed by atoms with Crippen LogP contribution in [0.2, 0.25) is 5.02 Å². The maximum absolute atomic E-state index is 11.9.